The van der Waals surface area contributed by atoms with Crippen LogP contribution < -0.4 is 5.56 Å². The molecule has 0 spiro atoms. The lowest BCUT2D eigenvalue weighted by molar-refractivity contribution is -0.481. The largest absolute Gasteiger partial charge is 0.507 e. The fourth-order valence-electron chi connectivity index (χ4n) is 2.80. The molecule has 7 nitrogen and oxygen atoms in total. The number of rotatable bonds is 5. The molecule has 1 atom stereocenters. The molecular formula is C17H14ClN3O4. The van der Waals surface area contributed by atoms with Crippen LogP contribution in [0.5, 0.6) is 5.75 Å². The molecule has 0 fully saturated rings. The first-order chi connectivity index (χ1) is 12.0. The Morgan fingerprint density at radius 2 is 1.80 bits per heavy atom. The van der Waals surface area contributed by atoms with Gasteiger partial charge >= 0.3 is 0 Å². The molecule has 25 heavy (non-hydrogen) atoms. The molecule has 1 heterocycles. The summed E-state index contributed by atoms with van der Waals surface area (Å²) in [5, 5.41) is 26.9. The molecule has 3 N–H and O–H groups in total. The minimum Gasteiger partial charge on any atom is -0.507 e. The highest BCUT2D eigenvalue weighted by Crippen LogP contribution is 2.34. The van der Waals surface area contributed by atoms with Gasteiger partial charge in [-0.15, -0.1) is 0 Å². The standard InChI is InChI=1S/C17H14ClN3O4/c18-11-7-5-10(6-8-11)13(9-21(24)25)15-16(19-20-17(15)23)12-3-1-2-4-14(12)22/h1-8,13,22H,9H2,(H2,19,20,23)/t13-/m0/s1. The Morgan fingerprint density at radius 1 is 1.12 bits per heavy atom. The van der Waals surface area contributed by atoms with E-state index in [0.29, 0.717) is 21.8 Å². The van der Waals surface area contributed by atoms with Crippen molar-refractivity contribution in [2.45, 2.75) is 5.92 Å². The van der Waals surface area contributed by atoms with Crippen molar-refractivity contribution in [3.63, 3.8) is 0 Å². The van der Waals surface area contributed by atoms with Gasteiger partial charge < -0.3 is 5.11 Å². The van der Waals surface area contributed by atoms with Crippen LogP contribution in [0.2, 0.25) is 5.02 Å². The van der Waals surface area contributed by atoms with Crippen LogP contribution in [0, 0.1) is 10.1 Å². The number of phenolic OH excluding ortho intramolecular Hbond substituents is 1. The summed E-state index contributed by atoms with van der Waals surface area (Å²) < 4.78 is 0. The summed E-state index contributed by atoms with van der Waals surface area (Å²) in [5.41, 5.74) is 1.02. The minimum absolute atomic E-state index is 0.0324. The van der Waals surface area contributed by atoms with Crippen LogP contribution in [0.4, 0.5) is 0 Å². The monoisotopic (exact) mass is 359 g/mol. The summed E-state index contributed by atoms with van der Waals surface area (Å²) in [4.78, 5) is 23.1. The highest BCUT2D eigenvalue weighted by molar-refractivity contribution is 6.30. The number of benzene rings is 2. The van der Waals surface area contributed by atoms with Crippen LogP contribution in [-0.2, 0) is 0 Å². The maximum Gasteiger partial charge on any atom is 0.268 e. The third-order valence-electron chi connectivity index (χ3n) is 3.94. The Hall–Kier alpha value is -3.06. The Labute approximate surface area is 147 Å². The number of para-hydroxylation sites is 1. The van der Waals surface area contributed by atoms with E-state index < -0.39 is 22.9 Å². The summed E-state index contributed by atoms with van der Waals surface area (Å²) in [5.74, 6) is -0.827. The SMILES string of the molecule is O=c1[nH][nH]c(-c2ccccc2O)c1[C@@H](C[N+](=O)[O-])c1ccc(Cl)cc1. The summed E-state index contributed by atoms with van der Waals surface area (Å²) in [7, 11) is 0. The number of hydrogen-bond acceptors (Lipinski definition) is 4. The van der Waals surface area contributed by atoms with E-state index in [2.05, 4.69) is 10.2 Å². The van der Waals surface area contributed by atoms with Gasteiger partial charge in [0, 0.05) is 15.5 Å². The number of nitrogens with zero attached hydrogens (tertiary/aromatic N) is 1. The number of aromatic hydroxyl groups is 1. The van der Waals surface area contributed by atoms with Gasteiger partial charge in [-0.05, 0) is 29.8 Å². The summed E-state index contributed by atoms with van der Waals surface area (Å²) >= 11 is 5.89. The van der Waals surface area contributed by atoms with Gasteiger partial charge in [0.25, 0.3) is 5.56 Å². The fourth-order valence-corrected chi connectivity index (χ4v) is 2.93. The number of nitro groups is 1. The molecule has 0 aliphatic rings. The first-order valence-corrected chi connectivity index (χ1v) is 7.81. The Balaban J connectivity index is 2.18. The first kappa shape index (κ1) is 16.8. The van der Waals surface area contributed by atoms with E-state index in [1.54, 1.807) is 42.5 Å². The van der Waals surface area contributed by atoms with Crippen LogP contribution in [0.15, 0.2) is 53.3 Å². The van der Waals surface area contributed by atoms with E-state index in [1.807, 2.05) is 0 Å². The molecular weight excluding hydrogens is 346 g/mol. The van der Waals surface area contributed by atoms with Crippen molar-refractivity contribution >= 4 is 11.6 Å². The van der Waals surface area contributed by atoms with Crippen LogP contribution in [0.3, 0.4) is 0 Å². The quantitative estimate of drug-likeness (QED) is 0.479. The topological polar surface area (TPSA) is 112 Å². The van der Waals surface area contributed by atoms with Gasteiger partial charge in [-0.2, -0.15) is 0 Å². The number of aromatic amines is 2. The summed E-state index contributed by atoms with van der Waals surface area (Å²) in [6.07, 6.45) is 0. The van der Waals surface area contributed by atoms with Gasteiger partial charge in [-0.3, -0.25) is 25.1 Å². The van der Waals surface area contributed by atoms with E-state index in [0.717, 1.165) is 0 Å². The predicted octanol–water partition coefficient (Wildman–Crippen LogP) is 3.14. The highest BCUT2D eigenvalue weighted by atomic mass is 35.5. The number of aromatic nitrogens is 2. The lowest BCUT2D eigenvalue weighted by atomic mass is 9.89. The smallest absolute Gasteiger partial charge is 0.268 e. The predicted molar refractivity (Wildman–Crippen MR) is 93.7 cm³/mol. The van der Waals surface area contributed by atoms with Gasteiger partial charge in [0.1, 0.15) is 5.75 Å². The highest BCUT2D eigenvalue weighted by Gasteiger charge is 2.28. The average Bonchev–Trinajstić information content (AvgIpc) is 2.95. The van der Waals surface area contributed by atoms with E-state index in [4.69, 9.17) is 11.6 Å². The molecule has 0 amide bonds. The lowest BCUT2D eigenvalue weighted by Gasteiger charge is -2.14. The van der Waals surface area contributed by atoms with Crippen molar-refractivity contribution < 1.29 is 10.0 Å². The maximum absolute atomic E-state index is 12.4. The Kier molecular flexibility index (Phi) is 4.58. The van der Waals surface area contributed by atoms with Crippen molar-refractivity contribution in [1.29, 1.82) is 0 Å². The molecule has 0 aliphatic heterocycles. The van der Waals surface area contributed by atoms with Crippen molar-refractivity contribution in [2.24, 2.45) is 0 Å². The molecule has 0 radical (unpaired) electrons. The lowest BCUT2D eigenvalue weighted by Crippen LogP contribution is -2.20. The molecule has 0 bridgehead atoms. The van der Waals surface area contributed by atoms with Crippen LogP contribution in [-0.4, -0.2) is 26.8 Å². The number of H-pyrrole nitrogens is 2. The second-order valence-electron chi connectivity index (χ2n) is 5.50. The van der Waals surface area contributed by atoms with Crippen molar-refractivity contribution in [3.05, 3.63) is 85.1 Å². The molecule has 0 unspecified atom stereocenters. The third kappa shape index (κ3) is 3.41. The normalized spacial score (nSPS) is 12.0. The van der Waals surface area contributed by atoms with E-state index >= 15 is 0 Å². The molecule has 2 aromatic carbocycles. The molecule has 1 aromatic heterocycles. The van der Waals surface area contributed by atoms with Gasteiger partial charge in [0.05, 0.1) is 17.2 Å². The zero-order valence-corrected chi connectivity index (χ0v) is 13.7. The molecule has 8 heteroatoms. The first-order valence-electron chi connectivity index (χ1n) is 7.43. The minimum atomic E-state index is -0.795. The van der Waals surface area contributed by atoms with Gasteiger partial charge in [-0.25, -0.2) is 0 Å². The molecule has 0 saturated carbocycles. The number of halogens is 1. The zero-order valence-electron chi connectivity index (χ0n) is 12.9. The van der Waals surface area contributed by atoms with Crippen molar-refractivity contribution in [2.75, 3.05) is 6.54 Å². The van der Waals surface area contributed by atoms with Crippen LogP contribution in [0.25, 0.3) is 11.3 Å². The van der Waals surface area contributed by atoms with Crippen molar-refractivity contribution in [1.82, 2.24) is 10.2 Å². The molecule has 3 rings (SSSR count). The van der Waals surface area contributed by atoms with Gasteiger partial charge in [-0.1, -0.05) is 35.9 Å². The molecule has 0 saturated heterocycles. The van der Waals surface area contributed by atoms with Crippen LogP contribution in [0.1, 0.15) is 17.0 Å². The van der Waals surface area contributed by atoms with Crippen LogP contribution >= 0.6 is 11.6 Å². The molecule has 0 aliphatic carbocycles. The second-order valence-corrected chi connectivity index (χ2v) is 5.94. The number of phenols is 1. The van der Waals surface area contributed by atoms with Gasteiger partial charge in [0.2, 0.25) is 6.54 Å². The average molecular weight is 360 g/mol. The van der Waals surface area contributed by atoms with Gasteiger partial charge in [0.15, 0.2) is 0 Å². The maximum atomic E-state index is 12.4. The number of nitrogens with one attached hydrogen (secondary N) is 2. The fraction of sp³-hybridized carbons (Fsp3) is 0.118. The summed E-state index contributed by atoms with van der Waals surface area (Å²) in [6.45, 7) is -0.469. The summed E-state index contributed by atoms with van der Waals surface area (Å²) in [6, 6.07) is 13.0. The Morgan fingerprint density at radius 3 is 2.44 bits per heavy atom. The van der Waals surface area contributed by atoms with E-state index in [9.17, 15) is 20.0 Å². The third-order valence-corrected chi connectivity index (χ3v) is 4.19. The Bertz CT molecular complexity index is 963. The van der Waals surface area contributed by atoms with E-state index in [-0.39, 0.29) is 11.3 Å². The second kappa shape index (κ2) is 6.82. The molecule has 3 aromatic rings. The van der Waals surface area contributed by atoms with Crippen molar-refractivity contribution in [3.8, 4) is 17.0 Å². The zero-order chi connectivity index (χ0) is 18.0. The molecule has 128 valence electrons. The van der Waals surface area contributed by atoms with E-state index in [1.165, 1.54) is 6.07 Å². The number of hydrogen-bond donors (Lipinski definition) is 3.